The van der Waals surface area contributed by atoms with Gasteiger partial charge < -0.3 is 9.47 Å². The lowest BCUT2D eigenvalue weighted by Gasteiger charge is -2.11. The first-order chi connectivity index (χ1) is 11.9. The lowest BCUT2D eigenvalue weighted by atomic mass is 10.1. The predicted molar refractivity (Wildman–Crippen MR) is 101 cm³/mol. The molecule has 0 aromatic rings. The molecule has 1 unspecified atom stereocenters. The smallest absolute Gasteiger partial charge is 0.315 e. The zero-order chi connectivity index (χ0) is 18.8. The van der Waals surface area contributed by atoms with Gasteiger partial charge in [0.2, 0.25) is 0 Å². The highest BCUT2D eigenvalue weighted by atomic mass is 32.2. The third-order valence-electron chi connectivity index (χ3n) is 3.55. The number of ketones is 1. The Bertz CT molecular complexity index is 628. The van der Waals surface area contributed by atoms with Gasteiger partial charge in [0.1, 0.15) is 0 Å². The molecule has 1 rings (SSSR count). The Morgan fingerprint density at radius 3 is 2.44 bits per heavy atom. The van der Waals surface area contributed by atoms with Gasteiger partial charge in [-0.15, -0.1) is 29.9 Å². The molecule has 1 aliphatic carbocycles. The molecule has 0 heterocycles. The van der Waals surface area contributed by atoms with E-state index in [1.54, 1.807) is 0 Å². The molecular weight excluding hydrogens is 360 g/mol. The highest BCUT2D eigenvalue weighted by Gasteiger charge is 2.26. The van der Waals surface area contributed by atoms with Crippen LogP contribution in [0, 0.1) is 12.3 Å². The third-order valence-corrected chi connectivity index (χ3v) is 5.84. The summed E-state index contributed by atoms with van der Waals surface area (Å²) in [6, 6.07) is 0. The van der Waals surface area contributed by atoms with Crippen molar-refractivity contribution in [3.8, 4) is 12.3 Å². The standard InChI is InChI=1S/C18H22O5S2/c1-5-15-13(6-7-16(15)25-11-18(21)23-4)9-14(8-12(2)19)24-10-17(20)22-3/h1,8,16H,6-7,9-11H2,2-4H3/b14-8-. The number of ether oxygens (including phenoxy) is 2. The molecule has 0 saturated carbocycles. The average molecular weight is 383 g/mol. The van der Waals surface area contributed by atoms with Crippen LogP contribution in [0.4, 0.5) is 0 Å². The lowest BCUT2D eigenvalue weighted by molar-refractivity contribution is -0.138. The van der Waals surface area contributed by atoms with Gasteiger partial charge in [-0.1, -0.05) is 11.5 Å². The monoisotopic (exact) mass is 382 g/mol. The topological polar surface area (TPSA) is 69.7 Å². The van der Waals surface area contributed by atoms with E-state index in [9.17, 15) is 14.4 Å². The number of esters is 2. The Kier molecular flexibility index (Phi) is 9.46. The van der Waals surface area contributed by atoms with E-state index < -0.39 is 0 Å². The van der Waals surface area contributed by atoms with Crippen LogP contribution in [0.15, 0.2) is 22.1 Å². The second kappa shape index (κ2) is 11.1. The van der Waals surface area contributed by atoms with Crippen molar-refractivity contribution in [3.63, 3.8) is 0 Å². The van der Waals surface area contributed by atoms with Crippen LogP contribution in [0.1, 0.15) is 26.2 Å². The summed E-state index contributed by atoms with van der Waals surface area (Å²) < 4.78 is 9.29. The van der Waals surface area contributed by atoms with Crippen LogP contribution < -0.4 is 0 Å². The summed E-state index contributed by atoms with van der Waals surface area (Å²) in [5.41, 5.74) is 1.96. The molecule has 0 saturated heterocycles. The molecule has 0 aliphatic heterocycles. The zero-order valence-corrected chi connectivity index (χ0v) is 16.3. The Morgan fingerprint density at radius 1 is 1.24 bits per heavy atom. The maximum absolute atomic E-state index is 11.5. The van der Waals surface area contributed by atoms with Gasteiger partial charge in [0.05, 0.1) is 25.7 Å². The minimum atomic E-state index is -0.344. The SMILES string of the molecule is C#CC1=C(C/C(=C/C(C)=O)SCC(=O)OC)CCC1SCC(=O)OC. The number of rotatable bonds is 9. The van der Waals surface area contributed by atoms with E-state index in [1.807, 2.05) is 0 Å². The zero-order valence-electron chi connectivity index (χ0n) is 14.6. The molecule has 0 spiro atoms. The van der Waals surface area contributed by atoms with Gasteiger partial charge in [-0.2, -0.15) is 0 Å². The summed E-state index contributed by atoms with van der Waals surface area (Å²) in [5.74, 6) is 2.44. The highest BCUT2D eigenvalue weighted by molar-refractivity contribution is 8.03. The molecule has 0 bridgehead atoms. The number of carbonyl (C=O) groups is 3. The van der Waals surface area contributed by atoms with Crippen molar-refractivity contribution in [2.45, 2.75) is 31.4 Å². The quantitative estimate of drug-likeness (QED) is 0.345. The van der Waals surface area contributed by atoms with Gasteiger partial charge in [0, 0.05) is 17.2 Å². The van der Waals surface area contributed by atoms with E-state index in [0.29, 0.717) is 6.42 Å². The average Bonchev–Trinajstić information content (AvgIpc) is 2.98. The second-order valence-corrected chi connectivity index (χ2v) is 7.63. The number of hydrogen-bond donors (Lipinski definition) is 0. The Labute approximate surface area is 157 Å². The minimum Gasteiger partial charge on any atom is -0.468 e. The first-order valence-electron chi connectivity index (χ1n) is 7.69. The van der Waals surface area contributed by atoms with Gasteiger partial charge in [-0.25, -0.2) is 0 Å². The lowest BCUT2D eigenvalue weighted by Crippen LogP contribution is -2.09. The van der Waals surface area contributed by atoms with Gasteiger partial charge in [-0.05, 0) is 30.7 Å². The maximum atomic E-state index is 11.5. The van der Waals surface area contributed by atoms with E-state index in [0.717, 1.165) is 28.9 Å². The molecule has 25 heavy (non-hydrogen) atoms. The Balaban J connectivity index is 2.83. The van der Waals surface area contributed by atoms with E-state index in [1.165, 1.54) is 50.7 Å². The number of terminal acetylenes is 1. The second-order valence-electron chi connectivity index (χ2n) is 5.34. The van der Waals surface area contributed by atoms with E-state index in [-0.39, 0.29) is 34.5 Å². The van der Waals surface area contributed by atoms with Crippen LogP contribution in [-0.4, -0.2) is 48.7 Å². The van der Waals surface area contributed by atoms with E-state index in [4.69, 9.17) is 6.42 Å². The van der Waals surface area contributed by atoms with Gasteiger partial charge in [0.15, 0.2) is 5.78 Å². The molecule has 0 fully saturated rings. The normalized spacial score (nSPS) is 17.2. The molecule has 0 N–H and O–H groups in total. The summed E-state index contributed by atoms with van der Waals surface area (Å²) in [6.07, 6.45) is 9.40. The first-order valence-corrected chi connectivity index (χ1v) is 9.72. The van der Waals surface area contributed by atoms with Crippen LogP contribution >= 0.6 is 23.5 Å². The highest BCUT2D eigenvalue weighted by Crippen LogP contribution is 2.39. The molecule has 1 aliphatic rings. The molecule has 5 nitrogen and oxygen atoms in total. The summed E-state index contributed by atoms with van der Waals surface area (Å²) in [4.78, 5) is 34.9. The third kappa shape index (κ3) is 7.41. The fourth-order valence-electron chi connectivity index (χ4n) is 2.38. The van der Waals surface area contributed by atoms with Crippen LogP contribution in [0.2, 0.25) is 0 Å². The number of hydrogen-bond acceptors (Lipinski definition) is 7. The van der Waals surface area contributed by atoms with Crippen molar-refractivity contribution < 1.29 is 23.9 Å². The van der Waals surface area contributed by atoms with Crippen molar-refractivity contribution in [3.05, 3.63) is 22.1 Å². The van der Waals surface area contributed by atoms with E-state index >= 15 is 0 Å². The number of allylic oxidation sites excluding steroid dienone is 3. The Hall–Kier alpha value is -1.65. The maximum Gasteiger partial charge on any atom is 0.315 e. The largest absolute Gasteiger partial charge is 0.468 e. The summed E-state index contributed by atoms with van der Waals surface area (Å²) in [7, 11) is 2.69. The van der Waals surface area contributed by atoms with Crippen molar-refractivity contribution >= 4 is 41.2 Å². The Morgan fingerprint density at radius 2 is 1.88 bits per heavy atom. The molecule has 1 atom stereocenters. The molecule has 0 aromatic heterocycles. The van der Waals surface area contributed by atoms with Crippen LogP contribution in [0.25, 0.3) is 0 Å². The summed E-state index contributed by atoms with van der Waals surface area (Å²) in [6.45, 7) is 1.47. The molecular formula is C18H22O5S2. The van der Waals surface area contributed by atoms with Crippen LogP contribution in [0.5, 0.6) is 0 Å². The van der Waals surface area contributed by atoms with Crippen molar-refractivity contribution in [2.24, 2.45) is 0 Å². The number of thioether (sulfide) groups is 2. The number of carbonyl (C=O) groups excluding carboxylic acids is 3. The van der Waals surface area contributed by atoms with Gasteiger partial charge in [-0.3, -0.25) is 14.4 Å². The van der Waals surface area contributed by atoms with Gasteiger partial charge >= 0.3 is 11.9 Å². The first kappa shape index (κ1) is 21.4. The molecule has 7 heteroatoms. The molecule has 0 radical (unpaired) electrons. The van der Waals surface area contributed by atoms with Crippen LogP contribution in [0.3, 0.4) is 0 Å². The van der Waals surface area contributed by atoms with Crippen LogP contribution in [-0.2, 0) is 23.9 Å². The van der Waals surface area contributed by atoms with Crippen molar-refractivity contribution in [2.75, 3.05) is 25.7 Å². The predicted octanol–water partition coefficient (Wildman–Crippen LogP) is 2.75. The van der Waals surface area contributed by atoms with Crippen molar-refractivity contribution in [1.82, 2.24) is 0 Å². The van der Waals surface area contributed by atoms with Crippen molar-refractivity contribution in [1.29, 1.82) is 0 Å². The minimum absolute atomic E-state index is 0.0789. The molecule has 0 amide bonds. The fraction of sp³-hybridized carbons (Fsp3) is 0.500. The van der Waals surface area contributed by atoms with Gasteiger partial charge in [0.25, 0.3) is 0 Å². The van der Waals surface area contributed by atoms with E-state index in [2.05, 4.69) is 15.4 Å². The molecule has 0 aromatic carbocycles. The summed E-state index contributed by atoms with van der Waals surface area (Å²) >= 11 is 2.76. The number of methoxy groups -OCH3 is 2. The fourth-order valence-corrected chi connectivity index (χ4v) is 4.46. The molecule has 136 valence electrons. The summed E-state index contributed by atoms with van der Waals surface area (Å²) in [5, 5.41) is 0.0864.